The first-order valence-corrected chi connectivity index (χ1v) is 6.76. The number of halogens is 1. The van der Waals surface area contributed by atoms with Gasteiger partial charge in [-0.05, 0) is 37.5 Å². The normalized spacial score (nSPS) is 18.9. The molecule has 0 spiro atoms. The zero-order valence-electron chi connectivity index (χ0n) is 11.5. The van der Waals surface area contributed by atoms with Crippen molar-refractivity contribution in [3.8, 4) is 0 Å². The van der Waals surface area contributed by atoms with Crippen molar-refractivity contribution >= 4 is 23.6 Å². The summed E-state index contributed by atoms with van der Waals surface area (Å²) < 4.78 is 14.0. The van der Waals surface area contributed by atoms with Crippen LogP contribution in [0.1, 0.15) is 24.8 Å². The number of amides is 1. The summed E-state index contributed by atoms with van der Waals surface area (Å²) in [4.78, 5) is 24.0. The van der Waals surface area contributed by atoms with Crippen molar-refractivity contribution in [3.63, 3.8) is 0 Å². The fraction of sp³-hybridized carbons (Fsp3) is 0.333. The highest BCUT2D eigenvalue weighted by Gasteiger charge is 2.28. The Morgan fingerprint density at radius 2 is 2.14 bits per heavy atom. The molecule has 112 valence electrons. The summed E-state index contributed by atoms with van der Waals surface area (Å²) >= 11 is 0. The number of anilines is 1. The third-order valence-corrected chi connectivity index (χ3v) is 3.56. The molecule has 0 saturated carbocycles. The first kappa shape index (κ1) is 15.0. The van der Waals surface area contributed by atoms with Gasteiger partial charge in [0.15, 0.2) is 0 Å². The molecule has 1 aromatic rings. The summed E-state index contributed by atoms with van der Waals surface area (Å²) in [6, 6.07) is 3.98. The summed E-state index contributed by atoms with van der Waals surface area (Å²) in [5.41, 5.74) is 6.08. The molecule has 1 unspecified atom stereocenters. The van der Waals surface area contributed by atoms with Crippen LogP contribution in [-0.2, 0) is 9.59 Å². The summed E-state index contributed by atoms with van der Waals surface area (Å²) in [6.45, 7) is 0.588. The fourth-order valence-electron chi connectivity index (χ4n) is 2.61. The van der Waals surface area contributed by atoms with Crippen LogP contribution in [0.15, 0.2) is 24.3 Å². The second kappa shape index (κ2) is 6.39. The van der Waals surface area contributed by atoms with Gasteiger partial charge in [0.25, 0.3) is 0 Å². The van der Waals surface area contributed by atoms with E-state index in [1.54, 1.807) is 11.0 Å². The number of rotatable bonds is 4. The molecule has 1 fully saturated rings. The van der Waals surface area contributed by atoms with E-state index in [0.717, 1.165) is 18.9 Å². The Kier molecular flexibility index (Phi) is 4.57. The van der Waals surface area contributed by atoms with E-state index < -0.39 is 23.7 Å². The Morgan fingerprint density at radius 1 is 1.38 bits per heavy atom. The first-order valence-electron chi connectivity index (χ1n) is 6.76. The van der Waals surface area contributed by atoms with Crippen LogP contribution in [0.5, 0.6) is 0 Å². The van der Waals surface area contributed by atoms with Crippen LogP contribution < -0.4 is 10.6 Å². The average Bonchev–Trinajstić information content (AvgIpc) is 2.45. The van der Waals surface area contributed by atoms with Gasteiger partial charge < -0.3 is 15.7 Å². The minimum Gasteiger partial charge on any atom is -0.478 e. The number of nitrogens with two attached hydrogens (primary N) is 1. The summed E-state index contributed by atoms with van der Waals surface area (Å²) in [7, 11) is 0. The van der Waals surface area contributed by atoms with Crippen LogP contribution in [0.2, 0.25) is 0 Å². The molecule has 2 rings (SSSR count). The Bertz CT molecular complexity index is 586. The summed E-state index contributed by atoms with van der Waals surface area (Å²) in [5.74, 6) is -2.14. The maximum Gasteiger partial charge on any atom is 0.328 e. The Morgan fingerprint density at radius 3 is 2.81 bits per heavy atom. The lowest BCUT2D eigenvalue weighted by molar-refractivity contribution is -0.131. The number of carbonyl (C=O) groups is 2. The van der Waals surface area contributed by atoms with Crippen LogP contribution >= 0.6 is 0 Å². The summed E-state index contributed by atoms with van der Waals surface area (Å²) in [6.07, 6.45) is 4.47. The van der Waals surface area contributed by atoms with Crippen molar-refractivity contribution < 1.29 is 19.1 Å². The minimum absolute atomic E-state index is 0.160. The van der Waals surface area contributed by atoms with E-state index in [9.17, 15) is 14.0 Å². The van der Waals surface area contributed by atoms with Gasteiger partial charge in [0.2, 0.25) is 5.91 Å². The number of aliphatic carboxylic acids is 1. The highest BCUT2D eigenvalue weighted by atomic mass is 19.1. The van der Waals surface area contributed by atoms with Gasteiger partial charge in [-0.15, -0.1) is 0 Å². The second-order valence-corrected chi connectivity index (χ2v) is 4.95. The molecule has 5 nitrogen and oxygen atoms in total. The molecule has 0 radical (unpaired) electrons. The predicted octanol–water partition coefficient (Wildman–Crippen LogP) is 1.77. The molecule has 3 N–H and O–H groups in total. The van der Waals surface area contributed by atoms with E-state index in [0.29, 0.717) is 18.7 Å². The molecular weight excluding hydrogens is 275 g/mol. The molecule has 21 heavy (non-hydrogen) atoms. The van der Waals surface area contributed by atoms with E-state index in [1.807, 2.05) is 0 Å². The van der Waals surface area contributed by atoms with Crippen molar-refractivity contribution in [1.82, 2.24) is 0 Å². The molecule has 1 aromatic carbocycles. The molecular formula is C15H17FN2O3. The van der Waals surface area contributed by atoms with Crippen molar-refractivity contribution in [3.05, 3.63) is 35.7 Å². The monoisotopic (exact) mass is 292 g/mol. The third-order valence-electron chi connectivity index (χ3n) is 3.56. The van der Waals surface area contributed by atoms with E-state index in [4.69, 9.17) is 10.8 Å². The predicted molar refractivity (Wildman–Crippen MR) is 77.2 cm³/mol. The van der Waals surface area contributed by atoms with Gasteiger partial charge in [-0.3, -0.25) is 4.79 Å². The van der Waals surface area contributed by atoms with Crippen LogP contribution in [0, 0.1) is 5.82 Å². The molecule has 1 atom stereocenters. The molecule has 1 aliphatic rings. The van der Waals surface area contributed by atoms with Gasteiger partial charge in [0, 0.05) is 23.9 Å². The number of nitrogens with zero attached hydrogens (tertiary/aromatic N) is 1. The van der Waals surface area contributed by atoms with Crippen molar-refractivity contribution in [2.24, 2.45) is 5.73 Å². The lowest BCUT2D eigenvalue weighted by atomic mass is 9.99. The SMILES string of the molecule is NC(=O)C1CCCCN1c1cccc(F)c1/C=C/C(=O)O. The van der Waals surface area contributed by atoms with Gasteiger partial charge in [-0.2, -0.15) is 0 Å². The van der Waals surface area contributed by atoms with Crippen LogP contribution in [0.3, 0.4) is 0 Å². The number of carbonyl (C=O) groups excluding carboxylic acids is 1. The van der Waals surface area contributed by atoms with Gasteiger partial charge in [-0.1, -0.05) is 6.07 Å². The fourth-order valence-corrected chi connectivity index (χ4v) is 2.61. The van der Waals surface area contributed by atoms with Crippen LogP contribution in [0.4, 0.5) is 10.1 Å². The molecule has 0 bridgehead atoms. The lowest BCUT2D eigenvalue weighted by Crippen LogP contribution is -2.48. The number of primary amides is 1. The quantitative estimate of drug-likeness (QED) is 0.828. The number of carboxylic acids is 1. The van der Waals surface area contributed by atoms with E-state index in [1.165, 1.54) is 18.2 Å². The molecule has 0 aliphatic carbocycles. The first-order chi connectivity index (χ1) is 10.0. The van der Waals surface area contributed by atoms with Crippen molar-refractivity contribution in [2.45, 2.75) is 25.3 Å². The number of benzene rings is 1. The number of hydrogen-bond acceptors (Lipinski definition) is 3. The van der Waals surface area contributed by atoms with Crippen LogP contribution in [0.25, 0.3) is 6.08 Å². The van der Waals surface area contributed by atoms with Crippen molar-refractivity contribution in [1.29, 1.82) is 0 Å². The van der Waals surface area contributed by atoms with Gasteiger partial charge >= 0.3 is 5.97 Å². The molecule has 1 aliphatic heterocycles. The Balaban J connectivity index is 2.44. The molecule has 1 saturated heterocycles. The number of carboxylic acid groups (broad SMARTS) is 1. The Labute approximate surface area is 121 Å². The molecule has 1 heterocycles. The molecule has 1 amide bonds. The van der Waals surface area contributed by atoms with Gasteiger partial charge in [0.05, 0.1) is 0 Å². The van der Waals surface area contributed by atoms with E-state index in [-0.39, 0.29) is 5.56 Å². The smallest absolute Gasteiger partial charge is 0.328 e. The van der Waals surface area contributed by atoms with Crippen molar-refractivity contribution in [2.75, 3.05) is 11.4 Å². The second-order valence-electron chi connectivity index (χ2n) is 4.95. The van der Waals surface area contributed by atoms with Crippen LogP contribution in [-0.4, -0.2) is 29.6 Å². The Hall–Kier alpha value is -2.37. The number of piperidine rings is 1. The largest absolute Gasteiger partial charge is 0.478 e. The highest BCUT2D eigenvalue weighted by Crippen LogP contribution is 2.30. The maximum atomic E-state index is 14.0. The zero-order valence-corrected chi connectivity index (χ0v) is 11.5. The summed E-state index contributed by atoms with van der Waals surface area (Å²) in [5, 5.41) is 8.71. The lowest BCUT2D eigenvalue weighted by Gasteiger charge is -2.36. The van der Waals surface area contributed by atoms with E-state index in [2.05, 4.69) is 0 Å². The minimum atomic E-state index is -1.16. The molecule has 0 aromatic heterocycles. The average molecular weight is 292 g/mol. The highest BCUT2D eigenvalue weighted by molar-refractivity contribution is 5.89. The van der Waals surface area contributed by atoms with Gasteiger partial charge in [0.1, 0.15) is 11.9 Å². The topological polar surface area (TPSA) is 83.6 Å². The number of hydrogen-bond donors (Lipinski definition) is 2. The standard InChI is InChI=1S/C15H17FN2O3/c16-11-4-3-6-12(10(11)7-8-14(19)20)18-9-2-1-5-13(18)15(17)21/h3-4,6-8,13H,1-2,5,9H2,(H2,17,21)(H,19,20)/b8-7+. The third kappa shape index (κ3) is 3.39. The molecule has 6 heteroatoms. The maximum absolute atomic E-state index is 14.0. The van der Waals surface area contributed by atoms with E-state index >= 15 is 0 Å². The van der Waals surface area contributed by atoms with Gasteiger partial charge in [-0.25, -0.2) is 9.18 Å². The zero-order chi connectivity index (χ0) is 15.4.